The van der Waals surface area contributed by atoms with Crippen LogP contribution in [-0.2, 0) is 10.0 Å². The molecule has 0 radical (unpaired) electrons. The van der Waals surface area contributed by atoms with Gasteiger partial charge in [0.25, 0.3) is 10.0 Å². The van der Waals surface area contributed by atoms with Crippen molar-refractivity contribution in [2.24, 2.45) is 0 Å². The number of carboxylic acid groups (broad SMARTS) is 1. The van der Waals surface area contributed by atoms with E-state index in [2.05, 4.69) is 0 Å². The predicted molar refractivity (Wildman–Crippen MR) is 62.9 cm³/mol. The minimum absolute atomic E-state index is 0.0200. The molecule has 0 unspecified atom stereocenters. The summed E-state index contributed by atoms with van der Waals surface area (Å²) in [6.07, 6.45) is 3.70. The molecule has 18 heavy (non-hydrogen) atoms. The molecule has 0 aromatic carbocycles. The molecule has 6 nitrogen and oxygen atoms in total. The van der Waals surface area contributed by atoms with E-state index >= 15 is 0 Å². The van der Waals surface area contributed by atoms with E-state index in [1.807, 2.05) is 0 Å². The molecular weight excluding hydrogens is 258 g/mol. The van der Waals surface area contributed by atoms with Crippen LogP contribution >= 0.6 is 0 Å². The molecule has 100 valence electrons. The zero-order valence-electron chi connectivity index (χ0n) is 10.00. The normalized spacial score (nSPS) is 17.4. The molecule has 0 amide bonds. The van der Waals surface area contributed by atoms with Crippen LogP contribution in [-0.4, -0.2) is 36.9 Å². The third-order valence-electron chi connectivity index (χ3n) is 3.26. The van der Waals surface area contributed by atoms with E-state index in [9.17, 15) is 13.2 Å². The van der Waals surface area contributed by atoms with Crippen molar-refractivity contribution in [2.45, 2.75) is 36.8 Å². The van der Waals surface area contributed by atoms with Crippen molar-refractivity contribution in [3.8, 4) is 0 Å². The number of carbonyl (C=O) groups is 1. The third kappa shape index (κ3) is 2.28. The summed E-state index contributed by atoms with van der Waals surface area (Å²) < 4.78 is 30.5. The molecular formula is C11H15NO5S. The van der Waals surface area contributed by atoms with Gasteiger partial charge >= 0.3 is 5.97 Å². The first-order valence-corrected chi connectivity index (χ1v) is 7.18. The van der Waals surface area contributed by atoms with E-state index in [1.54, 1.807) is 0 Å². The lowest BCUT2D eigenvalue weighted by Crippen LogP contribution is -2.34. The van der Waals surface area contributed by atoms with Crippen molar-refractivity contribution in [3.63, 3.8) is 0 Å². The summed E-state index contributed by atoms with van der Waals surface area (Å²) in [5, 5.41) is 8.40. The van der Waals surface area contributed by atoms with Crippen LogP contribution in [0.5, 0.6) is 0 Å². The first-order valence-electron chi connectivity index (χ1n) is 5.74. The Morgan fingerprint density at radius 3 is 2.50 bits per heavy atom. The van der Waals surface area contributed by atoms with Gasteiger partial charge in [-0.2, -0.15) is 4.31 Å². The fourth-order valence-corrected chi connectivity index (χ4v) is 3.50. The van der Waals surface area contributed by atoms with Crippen molar-refractivity contribution in [2.75, 3.05) is 7.05 Å². The SMILES string of the molecule is CN(C1CCCC1)S(=O)(=O)c1ccc(C(=O)O)o1. The first kappa shape index (κ1) is 13.1. The van der Waals surface area contributed by atoms with Gasteiger partial charge in [0.15, 0.2) is 0 Å². The Balaban J connectivity index is 2.26. The molecule has 1 N–H and O–H groups in total. The maximum atomic E-state index is 12.2. The van der Waals surface area contributed by atoms with Crippen LogP contribution in [0.15, 0.2) is 21.6 Å². The number of rotatable bonds is 4. The minimum atomic E-state index is -3.73. The van der Waals surface area contributed by atoms with Crippen molar-refractivity contribution < 1.29 is 22.7 Å². The van der Waals surface area contributed by atoms with Crippen LogP contribution in [0.1, 0.15) is 36.2 Å². The van der Waals surface area contributed by atoms with E-state index in [0.29, 0.717) is 0 Å². The van der Waals surface area contributed by atoms with Gasteiger partial charge in [-0.3, -0.25) is 0 Å². The second-order valence-corrected chi connectivity index (χ2v) is 6.31. The Labute approximate surface area is 105 Å². The fraction of sp³-hybridized carbons (Fsp3) is 0.545. The van der Waals surface area contributed by atoms with Crippen LogP contribution in [0.3, 0.4) is 0 Å². The molecule has 1 aliphatic carbocycles. The molecule has 1 aromatic rings. The Hall–Kier alpha value is -1.34. The lowest BCUT2D eigenvalue weighted by molar-refractivity contribution is 0.0656. The number of hydrogen-bond acceptors (Lipinski definition) is 4. The Morgan fingerprint density at radius 2 is 2.00 bits per heavy atom. The number of aromatic carboxylic acids is 1. The predicted octanol–water partition coefficient (Wildman–Crippen LogP) is 1.54. The zero-order valence-corrected chi connectivity index (χ0v) is 10.8. The summed E-state index contributed by atoms with van der Waals surface area (Å²) in [5.41, 5.74) is 0. The van der Waals surface area contributed by atoms with Crippen LogP contribution in [0, 0.1) is 0 Å². The Bertz CT molecular complexity index is 542. The molecule has 0 bridgehead atoms. The summed E-state index contributed by atoms with van der Waals surface area (Å²) >= 11 is 0. The van der Waals surface area contributed by atoms with Crippen LogP contribution in [0.25, 0.3) is 0 Å². The van der Waals surface area contributed by atoms with Gasteiger partial charge in [0.05, 0.1) is 0 Å². The van der Waals surface area contributed by atoms with E-state index in [1.165, 1.54) is 17.4 Å². The van der Waals surface area contributed by atoms with Crippen molar-refractivity contribution >= 4 is 16.0 Å². The summed E-state index contributed by atoms with van der Waals surface area (Å²) in [4.78, 5) is 10.7. The summed E-state index contributed by atoms with van der Waals surface area (Å²) in [7, 11) is -2.22. The molecule has 1 fully saturated rings. The van der Waals surface area contributed by atoms with Gasteiger partial charge in [0.2, 0.25) is 10.9 Å². The van der Waals surface area contributed by atoms with Crippen molar-refractivity contribution in [1.82, 2.24) is 4.31 Å². The number of hydrogen-bond donors (Lipinski definition) is 1. The van der Waals surface area contributed by atoms with E-state index in [4.69, 9.17) is 9.52 Å². The summed E-state index contributed by atoms with van der Waals surface area (Å²) in [5.74, 6) is -1.65. The van der Waals surface area contributed by atoms with E-state index in [0.717, 1.165) is 31.7 Å². The topological polar surface area (TPSA) is 87.8 Å². The first-order chi connectivity index (χ1) is 8.43. The molecule has 0 spiro atoms. The molecule has 2 rings (SSSR count). The molecule has 1 saturated carbocycles. The van der Waals surface area contributed by atoms with Crippen molar-refractivity contribution in [1.29, 1.82) is 0 Å². The monoisotopic (exact) mass is 273 g/mol. The van der Waals surface area contributed by atoms with Gasteiger partial charge in [-0.25, -0.2) is 13.2 Å². The maximum absolute atomic E-state index is 12.2. The lowest BCUT2D eigenvalue weighted by Gasteiger charge is -2.22. The molecule has 1 aromatic heterocycles. The number of carboxylic acids is 1. The summed E-state index contributed by atoms with van der Waals surface area (Å²) in [6.45, 7) is 0. The van der Waals surface area contributed by atoms with Crippen molar-refractivity contribution in [3.05, 3.63) is 17.9 Å². The molecule has 0 atom stereocenters. The molecule has 1 heterocycles. The number of furan rings is 1. The zero-order chi connectivity index (χ0) is 13.3. The average Bonchev–Trinajstić information content (AvgIpc) is 2.99. The highest BCUT2D eigenvalue weighted by Gasteiger charge is 2.32. The molecule has 0 aliphatic heterocycles. The van der Waals surface area contributed by atoms with Gasteiger partial charge in [-0.1, -0.05) is 12.8 Å². The van der Waals surface area contributed by atoms with Gasteiger partial charge in [-0.05, 0) is 25.0 Å². The van der Waals surface area contributed by atoms with Crippen LogP contribution in [0.2, 0.25) is 0 Å². The average molecular weight is 273 g/mol. The molecule has 7 heteroatoms. The smallest absolute Gasteiger partial charge is 0.371 e. The van der Waals surface area contributed by atoms with Gasteiger partial charge in [0.1, 0.15) is 0 Å². The van der Waals surface area contributed by atoms with Crippen LogP contribution < -0.4 is 0 Å². The van der Waals surface area contributed by atoms with Gasteiger partial charge in [-0.15, -0.1) is 0 Å². The van der Waals surface area contributed by atoms with Gasteiger partial charge in [0, 0.05) is 13.1 Å². The second-order valence-electron chi connectivity index (χ2n) is 4.38. The second kappa shape index (κ2) is 4.74. The van der Waals surface area contributed by atoms with E-state index in [-0.39, 0.29) is 16.9 Å². The standard InChI is InChI=1S/C11H15NO5S/c1-12(8-4-2-3-5-8)18(15,16)10-7-6-9(17-10)11(13)14/h6-8H,2-5H2,1H3,(H,13,14). The molecule has 1 aliphatic rings. The quantitative estimate of drug-likeness (QED) is 0.899. The van der Waals surface area contributed by atoms with Crippen LogP contribution in [0.4, 0.5) is 0 Å². The van der Waals surface area contributed by atoms with Gasteiger partial charge < -0.3 is 9.52 Å². The summed E-state index contributed by atoms with van der Waals surface area (Å²) in [6, 6.07) is 2.32. The third-order valence-corrected chi connectivity index (χ3v) is 5.05. The lowest BCUT2D eigenvalue weighted by atomic mass is 10.3. The highest BCUT2D eigenvalue weighted by Crippen LogP contribution is 2.27. The Morgan fingerprint density at radius 1 is 1.39 bits per heavy atom. The maximum Gasteiger partial charge on any atom is 0.371 e. The molecule has 0 saturated heterocycles. The minimum Gasteiger partial charge on any atom is -0.475 e. The highest BCUT2D eigenvalue weighted by atomic mass is 32.2. The largest absolute Gasteiger partial charge is 0.475 e. The highest BCUT2D eigenvalue weighted by molar-refractivity contribution is 7.89. The number of sulfonamides is 1. The number of nitrogens with zero attached hydrogens (tertiary/aromatic N) is 1. The Kier molecular flexibility index (Phi) is 3.45. The fourth-order valence-electron chi connectivity index (χ4n) is 2.18. The van der Waals surface area contributed by atoms with E-state index < -0.39 is 16.0 Å².